The van der Waals surface area contributed by atoms with Crippen LogP contribution in [-0.4, -0.2) is 104 Å². The Kier molecular flexibility index (Phi) is 10.3. The second-order valence-corrected chi connectivity index (χ2v) is 11.9. The molecule has 1 atom stereocenters. The van der Waals surface area contributed by atoms with Crippen LogP contribution in [-0.2, 0) is 9.59 Å². The van der Waals surface area contributed by atoms with Crippen LogP contribution in [0.4, 0.5) is 11.4 Å². The third-order valence-corrected chi connectivity index (χ3v) is 9.00. The predicted molar refractivity (Wildman–Crippen MR) is 181 cm³/mol. The van der Waals surface area contributed by atoms with Gasteiger partial charge in [0.25, 0.3) is 0 Å². The molecule has 2 saturated heterocycles. The van der Waals surface area contributed by atoms with Gasteiger partial charge in [0.2, 0.25) is 11.8 Å². The summed E-state index contributed by atoms with van der Waals surface area (Å²) in [6.45, 7) is 6.99. The molecule has 3 aliphatic heterocycles. The molecular weight excluding hydrogens is 566 g/mol. The van der Waals surface area contributed by atoms with Gasteiger partial charge in [0.15, 0.2) is 5.84 Å². The number of nitrogen functional groups attached to an aromatic ring is 1. The maximum atomic E-state index is 13.7. The van der Waals surface area contributed by atoms with E-state index in [1.807, 2.05) is 53.1 Å². The summed E-state index contributed by atoms with van der Waals surface area (Å²) < 4.78 is 0. The third kappa shape index (κ3) is 7.42. The number of hydrogen-bond acceptors (Lipinski definition) is 6. The summed E-state index contributed by atoms with van der Waals surface area (Å²) >= 11 is 0. The van der Waals surface area contributed by atoms with Gasteiger partial charge in [-0.1, -0.05) is 30.3 Å². The zero-order valence-electron chi connectivity index (χ0n) is 26.4. The monoisotopic (exact) mass is 611 g/mol. The molecule has 2 fully saturated rings. The highest BCUT2D eigenvalue weighted by Gasteiger charge is 2.33. The van der Waals surface area contributed by atoms with Gasteiger partial charge in [0.05, 0.1) is 18.8 Å². The van der Waals surface area contributed by atoms with Crippen LogP contribution in [0, 0.1) is 16.7 Å². The molecule has 2 amide bonds. The fourth-order valence-electron chi connectivity index (χ4n) is 6.39. The number of amidine groups is 2. The molecule has 3 heterocycles. The number of rotatable bonds is 9. The van der Waals surface area contributed by atoms with Crippen molar-refractivity contribution in [3.8, 4) is 0 Å². The van der Waals surface area contributed by atoms with E-state index in [1.165, 1.54) is 11.9 Å². The van der Waals surface area contributed by atoms with Gasteiger partial charge in [0, 0.05) is 68.8 Å². The summed E-state index contributed by atoms with van der Waals surface area (Å²) in [5.74, 6) is 0.577. The highest BCUT2D eigenvalue weighted by Crippen LogP contribution is 2.28. The minimum atomic E-state index is -0.182. The molecule has 2 aromatic carbocycles. The molecule has 0 spiro atoms. The zero-order chi connectivity index (χ0) is 31.9. The van der Waals surface area contributed by atoms with E-state index in [-0.39, 0.29) is 23.6 Å². The summed E-state index contributed by atoms with van der Waals surface area (Å²) in [6, 6.07) is 13.4. The summed E-state index contributed by atoms with van der Waals surface area (Å²) in [6.07, 6.45) is 7.24. The smallest absolute Gasteiger partial charge is 0.237 e. The average Bonchev–Trinajstić information content (AvgIpc) is 3.78. The number of nitrogens with two attached hydrogens (primary N) is 1. The zero-order valence-corrected chi connectivity index (χ0v) is 26.4. The molecular formula is C34H45N9O2. The fourth-order valence-corrected chi connectivity index (χ4v) is 6.39. The Morgan fingerprint density at radius 1 is 1.07 bits per heavy atom. The molecule has 5 N–H and O–H groups in total. The van der Waals surface area contributed by atoms with Crippen LogP contribution < -0.4 is 16.0 Å². The van der Waals surface area contributed by atoms with E-state index in [2.05, 4.69) is 21.3 Å². The molecule has 0 aromatic heterocycles. The van der Waals surface area contributed by atoms with E-state index in [4.69, 9.17) is 16.6 Å². The van der Waals surface area contributed by atoms with Gasteiger partial charge in [0.1, 0.15) is 5.84 Å². The fraction of sp³-hybridized carbons (Fsp3) is 0.441. The number of nitrogens with one attached hydrogen (secondary N) is 3. The Balaban J connectivity index is 1.14. The Morgan fingerprint density at radius 3 is 2.49 bits per heavy atom. The standard InChI is InChI=1S/C34H45N9O2/c1-3-43(28-10-11-30(35)29(20-28)33(37)42-15-4-5-16-42)34(45)27-12-17-40(21-27)22-31(44)41-18-13-25(14-19-41)24-6-8-26(9-7-24)32(36)39-23-38-2/h6-11,13,20,23,27,37H,3-5,12,14-19,21-22,35H2,1-2H3,(H2,36,38,39)/t27-/m1/s1. The summed E-state index contributed by atoms with van der Waals surface area (Å²) in [7, 11) is 1.75. The van der Waals surface area contributed by atoms with Crippen molar-refractivity contribution < 1.29 is 9.59 Å². The first kappa shape index (κ1) is 31.9. The molecule has 0 saturated carbocycles. The molecule has 2 aromatic rings. The first-order valence-corrected chi connectivity index (χ1v) is 15.9. The normalized spacial score (nSPS) is 18.7. The van der Waals surface area contributed by atoms with E-state index in [1.54, 1.807) is 18.0 Å². The highest BCUT2D eigenvalue weighted by molar-refractivity contribution is 6.04. The lowest BCUT2D eigenvalue weighted by Crippen LogP contribution is -2.42. The number of nitrogens with zero attached hydrogens (tertiary/aromatic N) is 5. The molecule has 3 aliphatic rings. The van der Waals surface area contributed by atoms with Gasteiger partial charge in [-0.05, 0) is 68.5 Å². The Labute approximate surface area is 265 Å². The van der Waals surface area contributed by atoms with Crippen LogP contribution in [0.5, 0.6) is 0 Å². The topological polar surface area (TPSA) is 145 Å². The maximum Gasteiger partial charge on any atom is 0.237 e. The number of carbonyl (C=O) groups is 2. The number of anilines is 2. The van der Waals surface area contributed by atoms with Crippen molar-refractivity contribution in [1.29, 1.82) is 10.8 Å². The molecule has 11 heteroatoms. The molecule has 11 nitrogen and oxygen atoms in total. The number of hydrogen-bond donors (Lipinski definition) is 4. The quantitative estimate of drug-likeness (QED) is 0.195. The molecule has 5 rings (SSSR count). The SMILES string of the molecule is CCN(C(=O)[C@@H]1CCN(CC(=O)N2CC=C(c3ccc(C(=N)/N=C\NC)cc3)CC2)C1)c1ccc(N)c(C(=N)N2CCCC2)c1. The lowest BCUT2D eigenvalue weighted by Gasteiger charge is -2.29. The first-order valence-electron chi connectivity index (χ1n) is 15.9. The largest absolute Gasteiger partial charge is 0.398 e. The molecule has 0 radical (unpaired) electrons. The second kappa shape index (κ2) is 14.5. The molecule has 238 valence electrons. The Hall–Kier alpha value is -4.51. The van der Waals surface area contributed by atoms with E-state index in [0.29, 0.717) is 62.8 Å². The number of amides is 2. The van der Waals surface area contributed by atoms with E-state index >= 15 is 0 Å². The number of benzene rings is 2. The van der Waals surface area contributed by atoms with Crippen molar-refractivity contribution in [3.63, 3.8) is 0 Å². The van der Waals surface area contributed by atoms with Crippen LogP contribution in [0.1, 0.15) is 49.3 Å². The van der Waals surface area contributed by atoms with Crippen LogP contribution in [0.3, 0.4) is 0 Å². The number of likely N-dealkylation sites (tertiary alicyclic amines) is 2. The van der Waals surface area contributed by atoms with Gasteiger partial charge in [-0.15, -0.1) is 0 Å². The summed E-state index contributed by atoms with van der Waals surface area (Å²) in [4.78, 5) is 38.8. The van der Waals surface area contributed by atoms with Crippen molar-refractivity contribution >= 4 is 46.8 Å². The van der Waals surface area contributed by atoms with Crippen LogP contribution >= 0.6 is 0 Å². The maximum absolute atomic E-state index is 13.7. The minimum Gasteiger partial charge on any atom is -0.398 e. The van der Waals surface area contributed by atoms with Crippen molar-refractivity contribution in [2.45, 2.75) is 32.6 Å². The molecule has 0 unspecified atom stereocenters. The van der Waals surface area contributed by atoms with Gasteiger partial charge < -0.3 is 25.8 Å². The Bertz CT molecular complexity index is 1480. The highest BCUT2D eigenvalue weighted by atomic mass is 16.2. The molecule has 45 heavy (non-hydrogen) atoms. The second-order valence-electron chi connectivity index (χ2n) is 11.9. The number of carbonyl (C=O) groups excluding carboxylic acids is 2. The lowest BCUT2D eigenvalue weighted by molar-refractivity contribution is -0.132. The first-order chi connectivity index (χ1) is 21.8. The van der Waals surface area contributed by atoms with Crippen LogP contribution in [0.15, 0.2) is 53.5 Å². The van der Waals surface area contributed by atoms with Crippen molar-refractivity contribution in [1.82, 2.24) is 20.0 Å². The summed E-state index contributed by atoms with van der Waals surface area (Å²) in [5, 5.41) is 19.5. The number of aliphatic imine (C=N–C) groups is 1. The van der Waals surface area contributed by atoms with Gasteiger partial charge in [-0.2, -0.15) is 0 Å². The van der Waals surface area contributed by atoms with Crippen molar-refractivity contribution in [2.75, 3.05) is 70.0 Å². The van der Waals surface area contributed by atoms with E-state index < -0.39 is 0 Å². The van der Waals surface area contributed by atoms with E-state index in [9.17, 15) is 9.59 Å². The van der Waals surface area contributed by atoms with E-state index in [0.717, 1.165) is 49.2 Å². The third-order valence-electron chi connectivity index (χ3n) is 9.00. The van der Waals surface area contributed by atoms with Crippen molar-refractivity contribution in [3.05, 3.63) is 65.2 Å². The Morgan fingerprint density at radius 2 is 1.82 bits per heavy atom. The van der Waals surface area contributed by atoms with Gasteiger partial charge >= 0.3 is 0 Å². The molecule has 0 bridgehead atoms. The predicted octanol–water partition coefficient (Wildman–Crippen LogP) is 3.25. The lowest BCUT2D eigenvalue weighted by atomic mass is 9.98. The van der Waals surface area contributed by atoms with Crippen LogP contribution in [0.2, 0.25) is 0 Å². The van der Waals surface area contributed by atoms with Crippen LogP contribution in [0.25, 0.3) is 5.57 Å². The minimum absolute atomic E-state index is 0.0522. The average molecular weight is 612 g/mol. The van der Waals surface area contributed by atoms with Gasteiger partial charge in [-0.3, -0.25) is 25.3 Å². The molecule has 0 aliphatic carbocycles. The summed E-state index contributed by atoms with van der Waals surface area (Å²) in [5.41, 5.74) is 11.3. The van der Waals surface area contributed by atoms with Gasteiger partial charge in [-0.25, -0.2) is 4.99 Å². The van der Waals surface area contributed by atoms with Crippen molar-refractivity contribution in [2.24, 2.45) is 10.9 Å².